The number of hydrogen-bond donors (Lipinski definition) is 3. The van der Waals surface area contributed by atoms with Gasteiger partial charge in [0.2, 0.25) is 11.8 Å². The molecule has 5 rings (SSSR count). The van der Waals surface area contributed by atoms with Crippen LogP contribution < -0.4 is 11.1 Å². The molecule has 5 heterocycles. The first-order valence-electron chi connectivity index (χ1n) is 12.7. The Hall–Kier alpha value is -2.91. The Bertz CT molecular complexity index is 1150. The average molecular weight is 551 g/mol. The summed E-state index contributed by atoms with van der Waals surface area (Å²) < 4.78 is 15.1. The first-order chi connectivity index (χ1) is 18.1. The number of nitrogens with two attached hydrogens (primary N) is 1. The predicted octanol–water partition coefficient (Wildman–Crippen LogP) is -0.987. The fourth-order valence-electron chi connectivity index (χ4n) is 6.10. The zero-order valence-electron chi connectivity index (χ0n) is 21.1. The molecule has 1 aromatic heterocycles. The number of β-lactam (4-membered cyclic amide) rings is 1. The first-order valence-corrected chi connectivity index (χ1v) is 13.6. The van der Waals surface area contributed by atoms with E-state index in [4.69, 9.17) is 5.73 Å². The number of carboxylic acids is 1. The van der Waals surface area contributed by atoms with E-state index in [1.807, 2.05) is 13.8 Å². The molecule has 0 unspecified atom stereocenters. The number of rotatable bonds is 9. The second kappa shape index (κ2) is 10.3. The van der Waals surface area contributed by atoms with Crippen molar-refractivity contribution in [2.24, 2.45) is 23.5 Å². The van der Waals surface area contributed by atoms with Crippen molar-refractivity contribution < 1.29 is 28.7 Å². The lowest BCUT2D eigenvalue weighted by molar-refractivity contribution is -0.160. The second-order valence-electron chi connectivity index (χ2n) is 10.6. The van der Waals surface area contributed by atoms with Crippen molar-refractivity contribution in [1.82, 2.24) is 35.3 Å². The van der Waals surface area contributed by atoms with Crippen LogP contribution in [0, 0.1) is 17.8 Å². The molecule has 4 aliphatic rings. The molecule has 0 saturated carbocycles. The number of nitrogens with one attached hydrogen (secondary N) is 1. The Labute approximate surface area is 222 Å². The van der Waals surface area contributed by atoms with E-state index in [0.29, 0.717) is 17.9 Å². The largest absolute Gasteiger partial charge is 0.477 e. The van der Waals surface area contributed by atoms with Crippen molar-refractivity contribution in [3.63, 3.8) is 0 Å². The summed E-state index contributed by atoms with van der Waals surface area (Å²) in [7, 11) is 0. The van der Waals surface area contributed by atoms with E-state index in [1.54, 1.807) is 0 Å². The van der Waals surface area contributed by atoms with Gasteiger partial charge < -0.3 is 26.0 Å². The first kappa shape index (κ1) is 26.7. The lowest BCUT2D eigenvalue weighted by Crippen LogP contribution is -2.62. The lowest BCUT2D eigenvalue weighted by Gasteiger charge is -2.47. The molecule has 38 heavy (non-hydrogen) atoms. The molecule has 8 atom stereocenters. The smallest absolute Gasteiger partial charge is 0.353 e. The van der Waals surface area contributed by atoms with Crippen LogP contribution in [0.15, 0.2) is 16.9 Å². The van der Waals surface area contributed by atoms with Crippen molar-refractivity contribution in [3.05, 3.63) is 16.9 Å². The molecule has 2 amide bonds. The van der Waals surface area contributed by atoms with Gasteiger partial charge in [-0.15, -0.1) is 16.9 Å². The normalized spacial score (nSPS) is 33.5. The van der Waals surface area contributed by atoms with Crippen LogP contribution in [0.3, 0.4) is 0 Å². The number of halogens is 1. The van der Waals surface area contributed by atoms with Crippen LogP contribution in [-0.4, -0.2) is 108 Å². The molecule has 3 saturated heterocycles. The third kappa shape index (κ3) is 4.71. The van der Waals surface area contributed by atoms with Gasteiger partial charge in [0.15, 0.2) is 5.78 Å². The number of fused-ring (bicyclic) bond motifs is 1. The summed E-state index contributed by atoms with van der Waals surface area (Å²) in [6.07, 6.45) is 0.715. The summed E-state index contributed by atoms with van der Waals surface area (Å²) in [6, 6.07) is -1.51. The third-order valence-electron chi connectivity index (χ3n) is 7.97. The van der Waals surface area contributed by atoms with Crippen molar-refractivity contribution >= 4 is 35.3 Å². The van der Waals surface area contributed by atoms with E-state index in [0.717, 1.165) is 0 Å². The topological polar surface area (TPSA) is 177 Å². The molecule has 3 fully saturated rings. The molecule has 1 aromatic rings. The summed E-state index contributed by atoms with van der Waals surface area (Å²) >= 11 is 1.38. The Morgan fingerprint density at radius 2 is 2.11 bits per heavy atom. The number of alkyl halides is 1. The van der Waals surface area contributed by atoms with E-state index in [-0.39, 0.29) is 72.5 Å². The fourth-order valence-corrected chi connectivity index (χ4v) is 7.58. The lowest BCUT2D eigenvalue weighted by atomic mass is 9.73. The Morgan fingerprint density at radius 3 is 2.74 bits per heavy atom. The van der Waals surface area contributed by atoms with Crippen molar-refractivity contribution in [3.8, 4) is 0 Å². The molecule has 0 bridgehead atoms. The maximum atomic E-state index is 13.8. The maximum absolute atomic E-state index is 13.8. The number of thioether (sulfide) groups is 1. The van der Waals surface area contributed by atoms with Gasteiger partial charge >= 0.3 is 5.97 Å². The van der Waals surface area contributed by atoms with E-state index in [9.17, 15) is 28.7 Å². The molecule has 206 valence electrons. The van der Waals surface area contributed by atoms with Crippen LogP contribution in [0.2, 0.25) is 0 Å². The van der Waals surface area contributed by atoms with Gasteiger partial charge in [-0.05, 0) is 22.8 Å². The number of carboxylic acid groups (broad SMARTS) is 1. The SMILES string of the molecule is C[C@@H](CC(=O)Cn1cnnn1)[C@H]1C(=O)N2C(C(=O)O)=C(S[C@@H]3CN[C@H](C(=O)N4C[C@@H](F)[C@@H](N)C4)C3)[C@H](C)[C@H]12. The molecule has 0 aromatic carbocycles. The van der Waals surface area contributed by atoms with E-state index >= 15 is 0 Å². The summed E-state index contributed by atoms with van der Waals surface area (Å²) in [5.41, 5.74) is 5.71. The van der Waals surface area contributed by atoms with Gasteiger partial charge in [-0.1, -0.05) is 13.8 Å². The van der Waals surface area contributed by atoms with Crippen molar-refractivity contribution in [2.75, 3.05) is 19.6 Å². The molecule has 4 N–H and O–H groups in total. The number of tetrazole rings is 1. The molecule has 4 aliphatic heterocycles. The van der Waals surface area contributed by atoms with Gasteiger partial charge in [0.1, 0.15) is 24.7 Å². The number of carbonyl (C=O) groups excluding carboxylic acids is 3. The van der Waals surface area contributed by atoms with Gasteiger partial charge in [-0.2, -0.15) is 0 Å². The highest BCUT2D eigenvalue weighted by molar-refractivity contribution is 8.03. The third-order valence-corrected chi connectivity index (χ3v) is 9.48. The van der Waals surface area contributed by atoms with Crippen LogP contribution >= 0.6 is 11.8 Å². The van der Waals surface area contributed by atoms with Gasteiger partial charge in [0.25, 0.3) is 0 Å². The average Bonchev–Trinajstić information content (AvgIpc) is 3.63. The predicted molar refractivity (Wildman–Crippen MR) is 132 cm³/mol. The molecule has 0 aliphatic carbocycles. The van der Waals surface area contributed by atoms with Gasteiger partial charge in [0, 0.05) is 35.6 Å². The number of hydrogen-bond acceptors (Lipinski definition) is 10. The van der Waals surface area contributed by atoms with E-state index < -0.39 is 30.1 Å². The number of ketones is 1. The van der Waals surface area contributed by atoms with Crippen LogP contribution in [0.1, 0.15) is 26.7 Å². The molecular weight excluding hydrogens is 519 g/mol. The highest BCUT2D eigenvalue weighted by Crippen LogP contribution is 2.53. The van der Waals surface area contributed by atoms with Crippen LogP contribution in [0.25, 0.3) is 0 Å². The molecule has 0 spiro atoms. The maximum Gasteiger partial charge on any atom is 0.353 e. The summed E-state index contributed by atoms with van der Waals surface area (Å²) in [6.45, 7) is 4.39. The minimum Gasteiger partial charge on any atom is -0.477 e. The second-order valence-corrected chi connectivity index (χ2v) is 12.0. The van der Waals surface area contributed by atoms with Crippen LogP contribution in [-0.2, 0) is 25.7 Å². The Morgan fingerprint density at radius 1 is 1.34 bits per heavy atom. The summed E-state index contributed by atoms with van der Waals surface area (Å²) in [4.78, 5) is 54.2. The Kier molecular flexibility index (Phi) is 7.26. The standard InChI is InChI=1S/C23H31FN8O5S/c1-10(3-12(33)6-31-9-27-28-29-31)17-18-11(2)20(19(23(36)37)32(18)22(17)35)38-13-4-16(26-5-13)21(34)30-7-14(24)15(25)8-30/h9-11,13-18,26H,3-8,25H2,1-2H3,(H,36,37)/t10-,11+,13-,14+,15-,16-,17+,18+/m0/s1. The number of amides is 2. The summed E-state index contributed by atoms with van der Waals surface area (Å²) in [5, 5.41) is 23.8. The molecular formula is C23H31FN8O5S. The van der Waals surface area contributed by atoms with Crippen LogP contribution in [0.4, 0.5) is 4.39 Å². The minimum absolute atomic E-state index is 0.00578. The quantitative estimate of drug-likeness (QED) is 0.322. The van der Waals surface area contributed by atoms with Gasteiger partial charge in [-0.25, -0.2) is 13.9 Å². The fraction of sp³-hybridized carbons (Fsp3) is 0.696. The molecule has 0 radical (unpaired) electrons. The summed E-state index contributed by atoms with van der Waals surface area (Å²) in [5.74, 6) is -2.76. The number of aromatic nitrogens is 4. The van der Waals surface area contributed by atoms with E-state index in [1.165, 1.54) is 32.6 Å². The van der Waals surface area contributed by atoms with Gasteiger partial charge in [-0.3, -0.25) is 14.4 Å². The highest BCUT2D eigenvalue weighted by atomic mass is 32.2. The molecule has 15 heteroatoms. The number of aliphatic carboxylic acids is 1. The van der Waals surface area contributed by atoms with E-state index in [2.05, 4.69) is 20.8 Å². The van der Waals surface area contributed by atoms with Crippen molar-refractivity contribution in [2.45, 2.75) is 62.8 Å². The highest BCUT2D eigenvalue weighted by Gasteiger charge is 2.60. The number of nitrogens with zero attached hydrogens (tertiary/aromatic N) is 6. The van der Waals surface area contributed by atoms with Crippen molar-refractivity contribution in [1.29, 1.82) is 0 Å². The zero-order valence-corrected chi connectivity index (χ0v) is 21.9. The number of likely N-dealkylation sites (tertiary alicyclic amines) is 1. The monoisotopic (exact) mass is 550 g/mol. The minimum atomic E-state index is -1.24. The number of carbonyl (C=O) groups is 4. The number of Topliss-reactive ketones (excluding diaryl/α,β-unsaturated/α-hetero) is 1. The van der Waals surface area contributed by atoms with Crippen LogP contribution in [0.5, 0.6) is 0 Å². The molecule has 13 nitrogen and oxygen atoms in total. The van der Waals surface area contributed by atoms with Gasteiger partial charge in [0.05, 0.1) is 30.6 Å². The Balaban J connectivity index is 1.23. The zero-order chi connectivity index (χ0) is 27.3.